The van der Waals surface area contributed by atoms with Gasteiger partial charge in [-0.3, -0.25) is 9.59 Å². The van der Waals surface area contributed by atoms with Crippen LogP contribution in [0.1, 0.15) is 41.4 Å². The highest BCUT2D eigenvalue weighted by Crippen LogP contribution is 2.21. The third kappa shape index (κ3) is 3.62. The number of carbonyl (C=O) groups is 2. The number of fused-ring (bicyclic) bond motifs is 1. The fraction of sp³-hybridized carbons (Fsp3) is 0.375. The van der Waals surface area contributed by atoms with Crippen molar-refractivity contribution in [3.05, 3.63) is 35.0 Å². The number of amides is 1. The minimum Gasteiger partial charge on any atom is -0.481 e. The van der Waals surface area contributed by atoms with Crippen molar-refractivity contribution in [1.82, 2.24) is 10.3 Å². The predicted molar refractivity (Wildman–Crippen MR) is 81.6 cm³/mol. The van der Waals surface area contributed by atoms with Crippen LogP contribution in [-0.4, -0.2) is 28.0 Å². The lowest BCUT2D eigenvalue weighted by molar-refractivity contribution is -0.137. The third-order valence-electron chi connectivity index (χ3n) is 3.50. The van der Waals surface area contributed by atoms with Gasteiger partial charge in [-0.25, -0.2) is 0 Å². The van der Waals surface area contributed by atoms with E-state index in [2.05, 4.69) is 16.4 Å². The fourth-order valence-electron chi connectivity index (χ4n) is 2.44. The summed E-state index contributed by atoms with van der Waals surface area (Å²) in [7, 11) is 0. The molecule has 3 N–H and O–H groups in total. The number of carboxylic acids is 1. The molecule has 0 radical (unpaired) electrons. The lowest BCUT2D eigenvalue weighted by Crippen LogP contribution is -2.33. The van der Waals surface area contributed by atoms with Gasteiger partial charge in [0.1, 0.15) is 5.69 Å². The van der Waals surface area contributed by atoms with Crippen LogP contribution in [0.15, 0.2) is 18.2 Å². The summed E-state index contributed by atoms with van der Waals surface area (Å²) in [5.74, 6) is -1.06. The van der Waals surface area contributed by atoms with Crippen molar-refractivity contribution in [2.24, 2.45) is 0 Å². The molecule has 112 valence electrons. The Morgan fingerprint density at radius 3 is 2.67 bits per heavy atom. The van der Waals surface area contributed by atoms with Crippen LogP contribution in [-0.2, 0) is 4.79 Å². The molecule has 1 atom stereocenters. The van der Waals surface area contributed by atoms with E-state index in [1.807, 2.05) is 26.0 Å². The third-order valence-corrected chi connectivity index (χ3v) is 3.50. The molecule has 5 heteroatoms. The molecule has 2 rings (SSSR count). The summed E-state index contributed by atoms with van der Waals surface area (Å²) < 4.78 is 0. The number of hydrogen-bond acceptors (Lipinski definition) is 2. The average Bonchev–Trinajstić information content (AvgIpc) is 2.80. The molecule has 0 bridgehead atoms. The molecular formula is C16H20N2O3. The molecule has 1 aromatic carbocycles. The van der Waals surface area contributed by atoms with E-state index in [4.69, 9.17) is 5.11 Å². The summed E-state index contributed by atoms with van der Waals surface area (Å²) in [6.45, 7) is 5.83. The van der Waals surface area contributed by atoms with Crippen molar-refractivity contribution in [3.8, 4) is 0 Å². The highest BCUT2D eigenvalue weighted by atomic mass is 16.4. The van der Waals surface area contributed by atoms with Gasteiger partial charge in [-0.2, -0.15) is 0 Å². The Balaban J connectivity index is 2.13. The summed E-state index contributed by atoms with van der Waals surface area (Å²) in [5.41, 5.74) is 3.71. The maximum absolute atomic E-state index is 12.2. The Kier molecular flexibility index (Phi) is 4.31. The molecule has 0 spiro atoms. The van der Waals surface area contributed by atoms with Gasteiger partial charge in [0, 0.05) is 23.4 Å². The van der Waals surface area contributed by atoms with E-state index in [0.29, 0.717) is 12.1 Å². The van der Waals surface area contributed by atoms with Crippen molar-refractivity contribution < 1.29 is 14.7 Å². The van der Waals surface area contributed by atoms with Crippen molar-refractivity contribution in [1.29, 1.82) is 0 Å². The lowest BCUT2D eigenvalue weighted by Gasteiger charge is -2.11. The summed E-state index contributed by atoms with van der Waals surface area (Å²) in [5, 5.41) is 12.5. The van der Waals surface area contributed by atoms with Gasteiger partial charge >= 0.3 is 5.97 Å². The molecule has 0 aliphatic heterocycles. The SMILES string of the molecule is Cc1cc(C)c2cc(C(=O)NC(C)CCC(=O)O)[nH]c2c1. The highest BCUT2D eigenvalue weighted by molar-refractivity contribution is 5.99. The number of aryl methyl sites for hydroxylation is 2. The van der Waals surface area contributed by atoms with Crippen LogP contribution in [0.5, 0.6) is 0 Å². The van der Waals surface area contributed by atoms with E-state index in [1.165, 1.54) is 0 Å². The van der Waals surface area contributed by atoms with Crippen LogP contribution in [0.2, 0.25) is 0 Å². The monoisotopic (exact) mass is 288 g/mol. The van der Waals surface area contributed by atoms with Gasteiger partial charge in [0.2, 0.25) is 0 Å². The molecular weight excluding hydrogens is 268 g/mol. The predicted octanol–water partition coefficient (Wildman–Crippen LogP) is 2.77. The maximum Gasteiger partial charge on any atom is 0.303 e. The summed E-state index contributed by atoms with van der Waals surface area (Å²) >= 11 is 0. The molecule has 1 heterocycles. The second kappa shape index (κ2) is 5.99. The second-order valence-corrected chi connectivity index (χ2v) is 5.53. The van der Waals surface area contributed by atoms with Gasteiger partial charge in [0.25, 0.3) is 5.91 Å². The molecule has 2 aromatic rings. The summed E-state index contributed by atoms with van der Waals surface area (Å²) in [6.07, 6.45) is 0.464. The molecule has 0 saturated heterocycles. The molecule has 0 saturated carbocycles. The molecule has 5 nitrogen and oxygen atoms in total. The van der Waals surface area contributed by atoms with Crippen molar-refractivity contribution in [3.63, 3.8) is 0 Å². The molecule has 21 heavy (non-hydrogen) atoms. The van der Waals surface area contributed by atoms with E-state index in [0.717, 1.165) is 22.0 Å². The highest BCUT2D eigenvalue weighted by Gasteiger charge is 2.14. The van der Waals surface area contributed by atoms with Gasteiger partial charge in [-0.05, 0) is 50.5 Å². The standard InChI is InChI=1S/C16H20N2O3/c1-9-6-10(2)12-8-14(18-13(12)7-9)16(21)17-11(3)4-5-15(19)20/h6-8,11,18H,4-5H2,1-3H3,(H,17,21)(H,19,20). The number of aromatic amines is 1. The number of H-pyrrole nitrogens is 1. The number of benzene rings is 1. The van der Waals surface area contributed by atoms with E-state index in [1.54, 1.807) is 6.92 Å². The summed E-state index contributed by atoms with van der Waals surface area (Å²) in [6, 6.07) is 5.74. The minimum atomic E-state index is -0.854. The smallest absolute Gasteiger partial charge is 0.303 e. The maximum atomic E-state index is 12.2. The van der Waals surface area contributed by atoms with E-state index in [9.17, 15) is 9.59 Å². The van der Waals surface area contributed by atoms with Gasteiger partial charge in [0.15, 0.2) is 0 Å². The van der Waals surface area contributed by atoms with E-state index >= 15 is 0 Å². The normalized spacial score (nSPS) is 12.3. The van der Waals surface area contributed by atoms with Crippen LogP contribution < -0.4 is 5.32 Å². The largest absolute Gasteiger partial charge is 0.481 e. The first-order valence-electron chi connectivity index (χ1n) is 6.99. The lowest BCUT2D eigenvalue weighted by atomic mass is 10.1. The number of carboxylic acid groups (broad SMARTS) is 1. The zero-order chi connectivity index (χ0) is 15.6. The van der Waals surface area contributed by atoms with E-state index < -0.39 is 5.97 Å². The van der Waals surface area contributed by atoms with Crippen molar-refractivity contribution in [2.45, 2.75) is 39.7 Å². The van der Waals surface area contributed by atoms with Gasteiger partial charge in [-0.1, -0.05) is 6.07 Å². The minimum absolute atomic E-state index is 0.0481. The average molecular weight is 288 g/mol. The van der Waals surface area contributed by atoms with E-state index in [-0.39, 0.29) is 18.4 Å². The number of hydrogen-bond donors (Lipinski definition) is 3. The first kappa shape index (κ1) is 15.1. The zero-order valence-electron chi connectivity index (χ0n) is 12.5. The molecule has 1 aromatic heterocycles. The van der Waals surface area contributed by atoms with Crippen LogP contribution >= 0.6 is 0 Å². The topological polar surface area (TPSA) is 82.2 Å². The Morgan fingerprint density at radius 2 is 2.00 bits per heavy atom. The summed E-state index contributed by atoms with van der Waals surface area (Å²) in [4.78, 5) is 25.8. The second-order valence-electron chi connectivity index (χ2n) is 5.53. The zero-order valence-corrected chi connectivity index (χ0v) is 12.5. The first-order valence-corrected chi connectivity index (χ1v) is 6.99. The quantitative estimate of drug-likeness (QED) is 0.791. The first-order chi connectivity index (χ1) is 9.86. The van der Waals surface area contributed by atoms with Crippen molar-refractivity contribution in [2.75, 3.05) is 0 Å². The molecule has 0 aliphatic rings. The van der Waals surface area contributed by atoms with Crippen LogP contribution in [0, 0.1) is 13.8 Å². The van der Waals surface area contributed by atoms with Crippen LogP contribution in [0.3, 0.4) is 0 Å². The molecule has 0 aliphatic carbocycles. The number of aliphatic carboxylic acids is 1. The number of carbonyl (C=O) groups excluding carboxylic acids is 1. The van der Waals surface area contributed by atoms with Gasteiger partial charge < -0.3 is 15.4 Å². The molecule has 1 unspecified atom stereocenters. The Bertz CT molecular complexity index is 688. The number of aromatic nitrogens is 1. The number of rotatable bonds is 5. The molecule has 1 amide bonds. The van der Waals surface area contributed by atoms with Gasteiger partial charge in [0.05, 0.1) is 0 Å². The van der Waals surface area contributed by atoms with Crippen molar-refractivity contribution >= 4 is 22.8 Å². The van der Waals surface area contributed by atoms with Crippen LogP contribution in [0.25, 0.3) is 10.9 Å². The number of nitrogens with one attached hydrogen (secondary N) is 2. The Hall–Kier alpha value is -2.30. The fourth-order valence-corrected chi connectivity index (χ4v) is 2.44. The van der Waals surface area contributed by atoms with Crippen LogP contribution in [0.4, 0.5) is 0 Å². The Labute approximate surface area is 123 Å². The Morgan fingerprint density at radius 1 is 1.29 bits per heavy atom. The van der Waals surface area contributed by atoms with Gasteiger partial charge in [-0.15, -0.1) is 0 Å². The molecule has 0 fully saturated rings.